The Hall–Kier alpha value is -5.66. The van der Waals surface area contributed by atoms with E-state index >= 15 is 0 Å². The monoisotopic (exact) mass is 553 g/mol. The molecule has 0 aliphatic carbocycles. The highest BCUT2D eigenvalue weighted by molar-refractivity contribution is 6.27. The van der Waals surface area contributed by atoms with E-state index in [0.717, 1.165) is 65.7 Å². The maximum atomic E-state index is 9.23. The van der Waals surface area contributed by atoms with E-state index < -0.39 is 30.2 Å². The Morgan fingerprint density at radius 2 is 0.977 bits per heavy atom. The third-order valence-electron chi connectivity index (χ3n) is 8.37. The Morgan fingerprint density at radius 3 is 1.70 bits per heavy atom. The summed E-state index contributed by atoms with van der Waals surface area (Å²) in [4.78, 5) is 0. The van der Waals surface area contributed by atoms with E-state index in [1.807, 2.05) is 84.9 Å². The molecule has 0 aliphatic rings. The van der Waals surface area contributed by atoms with Gasteiger partial charge in [0.05, 0.1) is 9.60 Å². The fraction of sp³-hybridized carbons (Fsp3) is 0. The van der Waals surface area contributed by atoms with Crippen LogP contribution in [0.15, 0.2) is 162 Å². The molecule has 9 rings (SSSR count). The molecule has 1 aromatic heterocycles. The van der Waals surface area contributed by atoms with Crippen LogP contribution in [0.2, 0.25) is 0 Å². The zero-order valence-corrected chi connectivity index (χ0v) is 22.9. The molecular weight excluding hydrogens is 520 g/mol. The molecule has 0 atom stereocenters. The van der Waals surface area contributed by atoms with Gasteiger partial charge in [0.1, 0.15) is 11.2 Å². The van der Waals surface area contributed by atoms with Crippen molar-refractivity contribution in [1.29, 1.82) is 0 Å². The number of hydrogen-bond acceptors (Lipinski definition) is 1. The van der Waals surface area contributed by atoms with Crippen LogP contribution in [0.4, 0.5) is 0 Å². The Bertz CT molecular complexity index is 2830. The number of para-hydroxylation sites is 1. The molecule has 0 amide bonds. The molecule has 0 fully saturated rings. The zero-order valence-electron chi connectivity index (χ0n) is 29.9. The lowest BCUT2D eigenvalue weighted by Crippen LogP contribution is -1.92. The van der Waals surface area contributed by atoms with Crippen molar-refractivity contribution in [2.75, 3.05) is 0 Å². The molecule has 1 heteroatoms. The highest BCUT2D eigenvalue weighted by atomic mass is 16.3. The summed E-state index contributed by atoms with van der Waals surface area (Å²) in [6, 6.07) is 35.4. The lowest BCUT2D eigenvalue weighted by Gasteiger charge is -2.19. The van der Waals surface area contributed by atoms with E-state index in [2.05, 4.69) is 30.3 Å². The van der Waals surface area contributed by atoms with E-state index in [0.29, 0.717) is 5.56 Å². The van der Waals surface area contributed by atoms with Gasteiger partial charge in [-0.3, -0.25) is 0 Å². The number of rotatable bonds is 3. The normalized spacial score (nSPS) is 14.0. The molecule has 0 saturated heterocycles. The van der Waals surface area contributed by atoms with Crippen LogP contribution in [0.25, 0.3) is 87.6 Å². The fourth-order valence-corrected chi connectivity index (χ4v) is 6.57. The number of fused-ring (bicyclic) bond motifs is 6. The van der Waals surface area contributed by atoms with E-state index in [4.69, 9.17) is 12.6 Å². The molecule has 8 aromatic carbocycles. The van der Waals surface area contributed by atoms with Crippen LogP contribution in [-0.4, -0.2) is 0 Å². The highest BCUT2D eigenvalue weighted by Gasteiger charge is 2.22. The van der Waals surface area contributed by atoms with Gasteiger partial charge in [-0.2, -0.15) is 0 Å². The molecule has 0 N–H and O–H groups in total. The average molecular weight is 554 g/mol. The van der Waals surface area contributed by atoms with Gasteiger partial charge in [0.2, 0.25) is 0 Å². The average Bonchev–Trinajstić information content (AvgIpc) is 3.55. The van der Waals surface area contributed by atoms with Crippen LogP contribution in [0.5, 0.6) is 0 Å². The van der Waals surface area contributed by atoms with Crippen LogP contribution in [0, 0.1) is 0 Å². The maximum Gasteiger partial charge on any atom is 0.143 e. The summed E-state index contributed by atoms with van der Waals surface area (Å²) >= 11 is 0. The molecule has 0 spiro atoms. The van der Waals surface area contributed by atoms with Crippen molar-refractivity contribution >= 4 is 54.3 Å². The van der Waals surface area contributed by atoms with Gasteiger partial charge in [-0.1, -0.05) is 145 Å². The molecule has 1 nitrogen and oxygen atoms in total. The second-order valence-corrected chi connectivity index (χ2v) is 10.7. The van der Waals surface area contributed by atoms with E-state index in [9.17, 15) is 1.37 Å². The standard InChI is InChI=1S/C42H26O/c1-2-13-28(14-3-1)30-25-26-37(41-36-22-10-11-24-38(36)43-42(30)41)40-34-20-8-6-18-32(34)39(33-19-7-9-21-35(33)40)31-23-12-16-27-15-4-5-17-29(27)31/h1-26H/i4D,5D,12D,15D,16D,17D,23D. The smallest absolute Gasteiger partial charge is 0.143 e. The second-order valence-electron chi connectivity index (χ2n) is 10.7. The molecular formula is C42H26O. The van der Waals surface area contributed by atoms with Gasteiger partial charge in [0.15, 0.2) is 0 Å². The minimum atomic E-state index is -0.473. The minimum absolute atomic E-state index is 0.0627. The number of furan rings is 1. The highest BCUT2D eigenvalue weighted by Crippen LogP contribution is 2.49. The Labute approximate surface area is 259 Å². The summed E-state index contributed by atoms with van der Waals surface area (Å²) in [5.74, 6) is 0. The molecule has 0 unspecified atom stereocenters. The van der Waals surface area contributed by atoms with Gasteiger partial charge >= 0.3 is 0 Å². The van der Waals surface area contributed by atoms with Gasteiger partial charge < -0.3 is 4.42 Å². The number of hydrogen-bond donors (Lipinski definition) is 0. The molecule has 43 heavy (non-hydrogen) atoms. The topological polar surface area (TPSA) is 13.1 Å². The Morgan fingerprint density at radius 1 is 0.419 bits per heavy atom. The van der Waals surface area contributed by atoms with Gasteiger partial charge in [-0.25, -0.2) is 0 Å². The van der Waals surface area contributed by atoms with Crippen molar-refractivity contribution < 1.29 is 14.0 Å². The lowest BCUT2D eigenvalue weighted by molar-refractivity contribution is 0.670. The van der Waals surface area contributed by atoms with Gasteiger partial charge in [0, 0.05) is 16.3 Å². The van der Waals surface area contributed by atoms with Crippen LogP contribution in [0.1, 0.15) is 9.60 Å². The van der Waals surface area contributed by atoms with Crippen molar-refractivity contribution in [3.63, 3.8) is 0 Å². The summed E-state index contributed by atoms with van der Waals surface area (Å²) in [5, 5.41) is 5.21. The first-order valence-corrected chi connectivity index (χ1v) is 14.2. The Balaban J connectivity index is 1.49. The van der Waals surface area contributed by atoms with Gasteiger partial charge in [-0.05, 0) is 72.3 Å². The summed E-state index contributed by atoms with van der Waals surface area (Å²) < 4.78 is 67.9. The molecule has 9 aromatic rings. The first-order chi connectivity index (χ1) is 24.3. The maximum absolute atomic E-state index is 9.23. The van der Waals surface area contributed by atoms with Crippen LogP contribution in [0.3, 0.4) is 0 Å². The van der Waals surface area contributed by atoms with Crippen LogP contribution >= 0.6 is 0 Å². The summed E-state index contributed by atoms with van der Waals surface area (Å²) in [6.07, 6.45) is 0. The first-order valence-electron chi connectivity index (χ1n) is 17.7. The molecule has 0 bridgehead atoms. The molecule has 0 radical (unpaired) electrons. The van der Waals surface area contributed by atoms with Crippen molar-refractivity contribution in [1.82, 2.24) is 0 Å². The fourth-order valence-electron chi connectivity index (χ4n) is 6.57. The largest absolute Gasteiger partial charge is 0.455 e. The van der Waals surface area contributed by atoms with Gasteiger partial charge in [0.25, 0.3) is 0 Å². The van der Waals surface area contributed by atoms with Crippen molar-refractivity contribution in [2.45, 2.75) is 0 Å². The third kappa shape index (κ3) is 3.58. The Kier molecular flexibility index (Phi) is 3.95. The zero-order chi connectivity index (χ0) is 34.4. The second kappa shape index (κ2) is 9.44. The summed E-state index contributed by atoms with van der Waals surface area (Å²) in [6.45, 7) is 0. The lowest BCUT2D eigenvalue weighted by atomic mass is 9.83. The van der Waals surface area contributed by atoms with Crippen molar-refractivity contribution in [2.24, 2.45) is 0 Å². The van der Waals surface area contributed by atoms with Crippen LogP contribution in [-0.2, 0) is 0 Å². The predicted octanol–water partition coefficient (Wildman–Crippen LogP) is 12.0. The summed E-state index contributed by atoms with van der Waals surface area (Å²) in [5.41, 5.74) is 6.28. The van der Waals surface area contributed by atoms with Crippen LogP contribution < -0.4 is 0 Å². The van der Waals surface area contributed by atoms with Crippen molar-refractivity contribution in [3.8, 4) is 33.4 Å². The summed E-state index contributed by atoms with van der Waals surface area (Å²) in [7, 11) is 0. The van der Waals surface area contributed by atoms with E-state index in [1.165, 1.54) is 0 Å². The molecule has 0 aliphatic heterocycles. The quantitative estimate of drug-likeness (QED) is 0.198. The van der Waals surface area contributed by atoms with E-state index in [1.54, 1.807) is 0 Å². The van der Waals surface area contributed by atoms with Crippen molar-refractivity contribution in [3.05, 3.63) is 158 Å². The number of benzene rings is 8. The minimum Gasteiger partial charge on any atom is -0.455 e. The predicted molar refractivity (Wildman–Crippen MR) is 183 cm³/mol. The first kappa shape index (κ1) is 18.0. The molecule has 200 valence electrons. The van der Waals surface area contributed by atoms with Gasteiger partial charge in [-0.15, -0.1) is 0 Å². The SMILES string of the molecule is [2H]c1c([2H])c([2H])c2c(-c3c4ccccc4c(-c4ccc(-c5ccccc5)c5oc6ccccc6c45)c4ccccc34)c([2H])c([2H])c([2H])c2c1[2H]. The third-order valence-corrected chi connectivity index (χ3v) is 8.37. The molecule has 0 saturated carbocycles. The molecule has 1 heterocycles. The van der Waals surface area contributed by atoms with E-state index in [-0.39, 0.29) is 28.4 Å².